The van der Waals surface area contributed by atoms with Gasteiger partial charge in [0.05, 0.1) is 11.9 Å². The number of nitrogen functional groups attached to an aromatic ring is 1. The van der Waals surface area contributed by atoms with Crippen molar-refractivity contribution >= 4 is 23.9 Å². The molecule has 0 unspecified atom stereocenters. The second-order valence-corrected chi connectivity index (χ2v) is 2.75. The Labute approximate surface area is 92.3 Å². The fourth-order valence-electron chi connectivity index (χ4n) is 1.19. The fourth-order valence-corrected chi connectivity index (χ4v) is 1.19. The largest absolute Gasteiger partial charge is 0.382 e. The van der Waals surface area contributed by atoms with E-state index in [0.29, 0.717) is 0 Å². The van der Waals surface area contributed by atoms with Crippen molar-refractivity contribution in [1.29, 1.82) is 0 Å². The predicted octanol–water partition coefficient (Wildman–Crippen LogP) is 2.27. The highest BCUT2D eigenvalue weighted by Crippen LogP contribution is 2.23. The van der Waals surface area contributed by atoms with Crippen LogP contribution in [-0.2, 0) is 0 Å². The number of rotatable bonds is 2. The van der Waals surface area contributed by atoms with Crippen LogP contribution in [0.2, 0.25) is 0 Å². The van der Waals surface area contributed by atoms with Crippen LogP contribution in [0.15, 0.2) is 41.7 Å². The molecule has 1 aromatic carbocycles. The van der Waals surface area contributed by atoms with Crippen LogP contribution in [0.3, 0.4) is 0 Å². The van der Waals surface area contributed by atoms with Crippen molar-refractivity contribution < 1.29 is 0 Å². The third-order valence-corrected chi connectivity index (χ3v) is 1.89. The normalized spacial score (nSPS) is 9.33. The van der Waals surface area contributed by atoms with E-state index in [-0.39, 0.29) is 23.9 Å². The van der Waals surface area contributed by atoms with Gasteiger partial charge in [0.1, 0.15) is 0 Å². The first-order valence-electron chi connectivity index (χ1n) is 4.05. The van der Waals surface area contributed by atoms with Gasteiger partial charge in [0, 0.05) is 0 Å². The van der Waals surface area contributed by atoms with Crippen molar-refractivity contribution in [3.05, 3.63) is 41.4 Å². The molecule has 0 fully saturated rings. The highest BCUT2D eigenvalue weighted by Gasteiger charge is 2.08. The van der Waals surface area contributed by atoms with E-state index in [4.69, 9.17) is 5.73 Å². The topological polar surface area (TPSA) is 73.3 Å². The standard InChI is InChI=1S/C9H8N4O.ClH/c10-9-8(12-14)6-11-13(9)7-4-2-1-3-5-7;/h1-6H,10H2;1H. The number of para-hydroxylation sites is 1. The molecule has 2 aromatic rings. The minimum atomic E-state index is 0. The first kappa shape index (κ1) is 11.2. The Balaban J connectivity index is 0.00000112. The van der Waals surface area contributed by atoms with Crippen LogP contribution in [0.5, 0.6) is 0 Å². The van der Waals surface area contributed by atoms with E-state index in [1.165, 1.54) is 10.9 Å². The zero-order valence-corrected chi connectivity index (χ0v) is 8.52. The number of nitrogens with zero attached hydrogens (tertiary/aromatic N) is 3. The Kier molecular flexibility index (Phi) is 3.41. The number of hydrogen-bond acceptors (Lipinski definition) is 4. The number of hydrogen-bond donors (Lipinski definition) is 1. The lowest BCUT2D eigenvalue weighted by Gasteiger charge is -2.02. The van der Waals surface area contributed by atoms with Crippen LogP contribution < -0.4 is 5.73 Å². The molecule has 0 saturated carbocycles. The third-order valence-electron chi connectivity index (χ3n) is 1.89. The lowest BCUT2D eigenvalue weighted by Crippen LogP contribution is -2.00. The lowest BCUT2D eigenvalue weighted by atomic mass is 10.3. The fraction of sp³-hybridized carbons (Fsp3) is 0. The van der Waals surface area contributed by atoms with Crippen molar-refractivity contribution in [2.75, 3.05) is 5.73 Å². The number of halogens is 1. The number of benzene rings is 1. The summed E-state index contributed by atoms with van der Waals surface area (Å²) in [7, 11) is 0. The number of aromatic nitrogens is 2. The van der Waals surface area contributed by atoms with E-state index < -0.39 is 0 Å². The van der Waals surface area contributed by atoms with Crippen molar-refractivity contribution in [2.45, 2.75) is 0 Å². The molecule has 78 valence electrons. The van der Waals surface area contributed by atoms with Gasteiger partial charge in [-0.15, -0.1) is 17.3 Å². The van der Waals surface area contributed by atoms with Crippen molar-refractivity contribution in [1.82, 2.24) is 9.78 Å². The average molecular weight is 225 g/mol. The zero-order valence-electron chi connectivity index (χ0n) is 7.70. The SMILES string of the molecule is Cl.Nc1c(N=O)cnn1-c1ccccc1. The summed E-state index contributed by atoms with van der Waals surface area (Å²) in [4.78, 5) is 10.3. The van der Waals surface area contributed by atoms with E-state index in [9.17, 15) is 4.91 Å². The Morgan fingerprint density at radius 2 is 1.93 bits per heavy atom. The molecule has 15 heavy (non-hydrogen) atoms. The summed E-state index contributed by atoms with van der Waals surface area (Å²) in [5.74, 6) is 0.256. The molecule has 0 spiro atoms. The van der Waals surface area contributed by atoms with E-state index >= 15 is 0 Å². The van der Waals surface area contributed by atoms with Gasteiger partial charge in [-0.3, -0.25) is 0 Å². The summed E-state index contributed by atoms with van der Waals surface area (Å²) >= 11 is 0. The first-order chi connectivity index (χ1) is 6.83. The second kappa shape index (κ2) is 4.56. The number of anilines is 1. The monoisotopic (exact) mass is 224 g/mol. The molecule has 0 aliphatic carbocycles. The van der Waals surface area contributed by atoms with Gasteiger partial charge < -0.3 is 5.73 Å². The molecule has 0 bridgehead atoms. The van der Waals surface area contributed by atoms with Gasteiger partial charge >= 0.3 is 0 Å². The summed E-state index contributed by atoms with van der Waals surface area (Å²) < 4.78 is 1.47. The molecule has 0 amide bonds. The molecule has 1 heterocycles. The van der Waals surface area contributed by atoms with Gasteiger partial charge in [0.2, 0.25) is 0 Å². The maximum atomic E-state index is 10.3. The zero-order chi connectivity index (χ0) is 9.97. The molecule has 0 radical (unpaired) electrons. The number of nitrogens with two attached hydrogens (primary N) is 1. The Bertz CT molecular complexity index is 454. The molecule has 2 N–H and O–H groups in total. The maximum Gasteiger partial charge on any atom is 0.170 e. The van der Waals surface area contributed by atoms with Crippen LogP contribution in [0.1, 0.15) is 0 Å². The van der Waals surface area contributed by atoms with Gasteiger partial charge in [0.15, 0.2) is 11.5 Å². The summed E-state index contributed by atoms with van der Waals surface area (Å²) in [5.41, 5.74) is 6.62. The van der Waals surface area contributed by atoms with E-state index in [1.54, 1.807) is 0 Å². The van der Waals surface area contributed by atoms with Gasteiger partial charge in [-0.2, -0.15) is 5.10 Å². The van der Waals surface area contributed by atoms with Gasteiger partial charge in [-0.25, -0.2) is 4.68 Å². The van der Waals surface area contributed by atoms with Gasteiger partial charge in [0.25, 0.3) is 0 Å². The third kappa shape index (κ3) is 1.97. The lowest BCUT2D eigenvalue weighted by molar-refractivity contribution is 0.891. The van der Waals surface area contributed by atoms with Crippen molar-refractivity contribution in [3.63, 3.8) is 0 Å². The molecular formula is C9H9ClN4O. The van der Waals surface area contributed by atoms with E-state index in [2.05, 4.69) is 10.3 Å². The average Bonchev–Trinajstić information content (AvgIpc) is 2.61. The molecular weight excluding hydrogens is 216 g/mol. The molecule has 0 aliphatic rings. The van der Waals surface area contributed by atoms with Crippen LogP contribution in [-0.4, -0.2) is 9.78 Å². The van der Waals surface area contributed by atoms with Gasteiger partial charge in [-0.1, -0.05) is 18.2 Å². The molecule has 2 rings (SSSR count). The highest BCUT2D eigenvalue weighted by atomic mass is 35.5. The molecule has 0 aliphatic heterocycles. The molecule has 5 nitrogen and oxygen atoms in total. The summed E-state index contributed by atoms with van der Waals surface area (Å²) in [6.07, 6.45) is 1.34. The van der Waals surface area contributed by atoms with Crippen LogP contribution in [0.25, 0.3) is 5.69 Å². The first-order valence-corrected chi connectivity index (χ1v) is 4.05. The molecule has 1 aromatic heterocycles. The predicted molar refractivity (Wildman–Crippen MR) is 60.7 cm³/mol. The summed E-state index contributed by atoms with van der Waals surface area (Å²) in [5, 5.41) is 6.71. The van der Waals surface area contributed by atoms with Crippen LogP contribution in [0, 0.1) is 4.91 Å². The minimum Gasteiger partial charge on any atom is -0.382 e. The smallest absolute Gasteiger partial charge is 0.170 e. The van der Waals surface area contributed by atoms with Crippen LogP contribution >= 0.6 is 12.4 Å². The second-order valence-electron chi connectivity index (χ2n) is 2.75. The van der Waals surface area contributed by atoms with Crippen LogP contribution in [0.4, 0.5) is 11.5 Å². The Hall–Kier alpha value is -1.88. The van der Waals surface area contributed by atoms with E-state index in [1.807, 2.05) is 30.3 Å². The van der Waals surface area contributed by atoms with Gasteiger partial charge in [-0.05, 0) is 17.3 Å². The van der Waals surface area contributed by atoms with Crippen molar-refractivity contribution in [3.8, 4) is 5.69 Å². The Morgan fingerprint density at radius 3 is 2.47 bits per heavy atom. The maximum absolute atomic E-state index is 10.3. The summed E-state index contributed by atoms with van der Waals surface area (Å²) in [6.45, 7) is 0. The molecule has 0 atom stereocenters. The van der Waals surface area contributed by atoms with Crippen molar-refractivity contribution in [2.24, 2.45) is 5.18 Å². The summed E-state index contributed by atoms with van der Waals surface area (Å²) in [6, 6.07) is 9.31. The Morgan fingerprint density at radius 1 is 1.27 bits per heavy atom. The minimum absolute atomic E-state index is 0. The quantitative estimate of drug-likeness (QED) is 0.796. The highest BCUT2D eigenvalue weighted by molar-refractivity contribution is 5.85. The van der Waals surface area contributed by atoms with E-state index in [0.717, 1.165) is 5.69 Å². The number of nitroso groups, excluding NO2 is 1. The molecule has 0 saturated heterocycles. The molecule has 6 heteroatoms.